The van der Waals surface area contributed by atoms with Crippen molar-refractivity contribution in [3.05, 3.63) is 62.9 Å². The molecule has 2 aromatic rings. The molecular formula is C13H12ClN3O2. The van der Waals surface area contributed by atoms with Gasteiger partial charge in [-0.15, -0.1) is 0 Å². The summed E-state index contributed by atoms with van der Waals surface area (Å²) >= 11 is 5.98. The molecule has 2 rings (SSSR count). The Bertz CT molecular complexity index is 617. The van der Waals surface area contributed by atoms with Gasteiger partial charge in [-0.3, -0.25) is 15.1 Å². The van der Waals surface area contributed by atoms with Gasteiger partial charge < -0.3 is 5.32 Å². The molecule has 5 nitrogen and oxygen atoms in total. The molecule has 0 aliphatic rings. The molecule has 19 heavy (non-hydrogen) atoms. The van der Waals surface area contributed by atoms with Crippen LogP contribution in [0.1, 0.15) is 11.4 Å². The van der Waals surface area contributed by atoms with E-state index in [4.69, 9.17) is 11.6 Å². The van der Waals surface area contributed by atoms with E-state index >= 15 is 0 Å². The van der Waals surface area contributed by atoms with Crippen LogP contribution in [0.25, 0.3) is 0 Å². The molecule has 0 bridgehead atoms. The Balaban J connectivity index is 2.10. The van der Waals surface area contributed by atoms with E-state index in [1.807, 2.05) is 25.1 Å². The molecule has 1 aromatic carbocycles. The van der Waals surface area contributed by atoms with Gasteiger partial charge in [0.25, 0.3) is 5.69 Å². The minimum absolute atomic E-state index is 0.0239. The Morgan fingerprint density at radius 1 is 1.37 bits per heavy atom. The van der Waals surface area contributed by atoms with Crippen LogP contribution in [0.3, 0.4) is 0 Å². The Kier molecular flexibility index (Phi) is 3.97. The van der Waals surface area contributed by atoms with Crippen molar-refractivity contribution in [3.63, 3.8) is 0 Å². The average Bonchev–Trinajstić information content (AvgIpc) is 2.37. The fourth-order valence-electron chi connectivity index (χ4n) is 1.64. The Hall–Kier alpha value is -2.14. The Labute approximate surface area is 115 Å². The van der Waals surface area contributed by atoms with Crippen LogP contribution in [0.5, 0.6) is 0 Å². The second-order valence-corrected chi connectivity index (χ2v) is 4.45. The van der Waals surface area contributed by atoms with Gasteiger partial charge in [0, 0.05) is 17.8 Å². The van der Waals surface area contributed by atoms with Crippen molar-refractivity contribution in [1.29, 1.82) is 0 Å². The first-order valence-corrected chi connectivity index (χ1v) is 6.04. The van der Waals surface area contributed by atoms with Crippen LogP contribution >= 0.6 is 11.6 Å². The zero-order valence-corrected chi connectivity index (χ0v) is 11.0. The fourth-order valence-corrected chi connectivity index (χ4v) is 1.89. The highest BCUT2D eigenvalue weighted by Crippen LogP contribution is 2.26. The fraction of sp³-hybridized carbons (Fsp3) is 0.154. The molecule has 0 radical (unpaired) electrons. The van der Waals surface area contributed by atoms with Crippen LogP contribution < -0.4 is 5.32 Å². The van der Waals surface area contributed by atoms with E-state index in [0.717, 1.165) is 11.4 Å². The zero-order chi connectivity index (χ0) is 13.8. The number of rotatable bonds is 4. The number of halogens is 1. The van der Waals surface area contributed by atoms with Gasteiger partial charge in [0.05, 0.1) is 27.9 Å². The van der Waals surface area contributed by atoms with E-state index < -0.39 is 4.92 Å². The highest BCUT2D eigenvalue weighted by atomic mass is 35.5. The smallest absolute Gasteiger partial charge is 0.271 e. The van der Waals surface area contributed by atoms with Gasteiger partial charge in [-0.05, 0) is 25.1 Å². The lowest BCUT2D eigenvalue weighted by atomic mass is 10.2. The average molecular weight is 278 g/mol. The number of hydrogen-bond acceptors (Lipinski definition) is 4. The molecule has 1 aromatic heterocycles. The van der Waals surface area contributed by atoms with Crippen LogP contribution in [0, 0.1) is 17.0 Å². The van der Waals surface area contributed by atoms with Crippen molar-refractivity contribution in [2.75, 3.05) is 5.32 Å². The summed E-state index contributed by atoms with van der Waals surface area (Å²) in [5, 5.41) is 14.0. The van der Waals surface area contributed by atoms with E-state index in [2.05, 4.69) is 10.3 Å². The van der Waals surface area contributed by atoms with Crippen molar-refractivity contribution in [3.8, 4) is 0 Å². The molecule has 0 fully saturated rings. The third-order valence-corrected chi connectivity index (χ3v) is 2.88. The summed E-state index contributed by atoms with van der Waals surface area (Å²) in [6, 6.07) is 10.1. The molecule has 1 heterocycles. The number of non-ortho nitro benzene ring substituents is 1. The summed E-state index contributed by atoms with van der Waals surface area (Å²) in [7, 11) is 0. The molecule has 0 aliphatic heterocycles. The summed E-state index contributed by atoms with van der Waals surface area (Å²) in [6.45, 7) is 2.43. The van der Waals surface area contributed by atoms with Gasteiger partial charge >= 0.3 is 0 Å². The SMILES string of the molecule is Cc1cccc(CNc2ccc([N+](=O)[O-])cc2Cl)n1. The normalized spacial score (nSPS) is 10.2. The largest absolute Gasteiger partial charge is 0.378 e. The summed E-state index contributed by atoms with van der Waals surface area (Å²) in [6.07, 6.45) is 0. The lowest BCUT2D eigenvalue weighted by molar-refractivity contribution is -0.384. The number of aryl methyl sites for hydroxylation is 1. The van der Waals surface area contributed by atoms with E-state index in [-0.39, 0.29) is 5.69 Å². The maximum Gasteiger partial charge on any atom is 0.271 e. The summed E-state index contributed by atoms with van der Waals surface area (Å²) in [4.78, 5) is 14.5. The van der Waals surface area contributed by atoms with Gasteiger partial charge in [-0.1, -0.05) is 17.7 Å². The molecular weight excluding hydrogens is 266 g/mol. The van der Waals surface area contributed by atoms with E-state index in [1.165, 1.54) is 12.1 Å². The quantitative estimate of drug-likeness (QED) is 0.685. The number of nitro groups is 1. The van der Waals surface area contributed by atoms with Crippen molar-refractivity contribution in [2.45, 2.75) is 13.5 Å². The standard InChI is InChI=1S/C13H12ClN3O2/c1-9-3-2-4-10(16-9)8-15-13-6-5-11(17(18)19)7-12(13)14/h2-7,15H,8H2,1H3. The van der Waals surface area contributed by atoms with Crippen molar-refractivity contribution in [1.82, 2.24) is 4.98 Å². The molecule has 0 aliphatic carbocycles. The van der Waals surface area contributed by atoms with Crippen LogP contribution in [-0.4, -0.2) is 9.91 Å². The lowest BCUT2D eigenvalue weighted by Gasteiger charge is -2.08. The first-order valence-electron chi connectivity index (χ1n) is 5.66. The van der Waals surface area contributed by atoms with Crippen LogP contribution in [0.4, 0.5) is 11.4 Å². The Morgan fingerprint density at radius 3 is 2.79 bits per heavy atom. The van der Waals surface area contributed by atoms with Gasteiger partial charge in [0.1, 0.15) is 0 Å². The summed E-state index contributed by atoms with van der Waals surface area (Å²) in [5.41, 5.74) is 2.45. The number of aromatic nitrogens is 1. The highest BCUT2D eigenvalue weighted by molar-refractivity contribution is 6.33. The predicted molar refractivity (Wildman–Crippen MR) is 74.4 cm³/mol. The maximum atomic E-state index is 10.6. The molecule has 0 saturated heterocycles. The van der Waals surface area contributed by atoms with E-state index in [0.29, 0.717) is 17.3 Å². The van der Waals surface area contributed by atoms with Gasteiger partial charge in [0.2, 0.25) is 0 Å². The minimum Gasteiger partial charge on any atom is -0.378 e. The second kappa shape index (κ2) is 5.67. The number of nitrogens with zero attached hydrogens (tertiary/aromatic N) is 2. The molecule has 98 valence electrons. The molecule has 0 atom stereocenters. The first kappa shape index (κ1) is 13.3. The van der Waals surface area contributed by atoms with Gasteiger partial charge in [-0.2, -0.15) is 0 Å². The number of nitro benzene ring substituents is 1. The molecule has 0 spiro atoms. The van der Waals surface area contributed by atoms with Crippen molar-refractivity contribution < 1.29 is 4.92 Å². The van der Waals surface area contributed by atoms with Crippen molar-refractivity contribution >= 4 is 23.0 Å². The number of benzene rings is 1. The monoisotopic (exact) mass is 277 g/mol. The number of anilines is 1. The third-order valence-electron chi connectivity index (χ3n) is 2.57. The summed E-state index contributed by atoms with van der Waals surface area (Å²) in [5.74, 6) is 0. The topological polar surface area (TPSA) is 68.1 Å². The molecule has 0 amide bonds. The summed E-state index contributed by atoms with van der Waals surface area (Å²) < 4.78 is 0. The van der Waals surface area contributed by atoms with Gasteiger partial charge in [-0.25, -0.2) is 0 Å². The van der Waals surface area contributed by atoms with E-state index in [9.17, 15) is 10.1 Å². The maximum absolute atomic E-state index is 10.6. The van der Waals surface area contributed by atoms with Crippen molar-refractivity contribution in [2.24, 2.45) is 0 Å². The molecule has 0 saturated carbocycles. The number of hydrogen-bond donors (Lipinski definition) is 1. The molecule has 0 unspecified atom stereocenters. The van der Waals surface area contributed by atoms with E-state index in [1.54, 1.807) is 6.07 Å². The first-order chi connectivity index (χ1) is 9.06. The van der Waals surface area contributed by atoms with Crippen LogP contribution in [-0.2, 0) is 6.54 Å². The highest BCUT2D eigenvalue weighted by Gasteiger charge is 2.09. The number of nitrogens with one attached hydrogen (secondary N) is 1. The number of pyridine rings is 1. The molecule has 1 N–H and O–H groups in total. The zero-order valence-electron chi connectivity index (χ0n) is 10.3. The lowest BCUT2D eigenvalue weighted by Crippen LogP contribution is -2.02. The second-order valence-electron chi connectivity index (χ2n) is 4.05. The predicted octanol–water partition coefficient (Wildman–Crippen LogP) is 3.56. The third kappa shape index (κ3) is 3.42. The minimum atomic E-state index is -0.474. The van der Waals surface area contributed by atoms with Crippen LogP contribution in [0.15, 0.2) is 36.4 Å². The van der Waals surface area contributed by atoms with Gasteiger partial charge in [0.15, 0.2) is 0 Å². The molecule has 6 heteroatoms. The van der Waals surface area contributed by atoms with Crippen LogP contribution in [0.2, 0.25) is 5.02 Å². The Morgan fingerprint density at radius 2 is 2.16 bits per heavy atom.